The van der Waals surface area contributed by atoms with Crippen LogP contribution in [0, 0.1) is 25.7 Å². The number of aryl methyl sites for hydroxylation is 2. The van der Waals surface area contributed by atoms with Crippen LogP contribution in [0.1, 0.15) is 48.4 Å². The molecular weight excluding hydrogens is 444 g/mol. The summed E-state index contributed by atoms with van der Waals surface area (Å²) in [6.45, 7) is 5.99. The van der Waals surface area contributed by atoms with Crippen molar-refractivity contribution in [1.82, 2.24) is 5.32 Å². The molecule has 4 amide bonds. The molecule has 2 aromatic rings. The van der Waals surface area contributed by atoms with E-state index in [4.69, 9.17) is 5.73 Å². The van der Waals surface area contributed by atoms with Crippen molar-refractivity contribution < 1.29 is 19.2 Å². The fraction of sp³-hybridized carbons (Fsp3) is 0.407. The van der Waals surface area contributed by atoms with Crippen LogP contribution >= 0.6 is 0 Å². The van der Waals surface area contributed by atoms with Gasteiger partial charge < -0.3 is 11.1 Å². The smallest absolute Gasteiger partial charge is 0.250 e. The Balaban J connectivity index is 1.60. The van der Waals surface area contributed by atoms with Crippen LogP contribution < -0.4 is 21.3 Å². The molecule has 4 atom stereocenters. The average Bonchev–Trinajstić information content (AvgIpc) is 3.40. The number of nitrogens with one attached hydrogen (secondary N) is 2. The molecule has 2 saturated heterocycles. The lowest BCUT2D eigenvalue weighted by molar-refractivity contribution is -0.130. The first kappa shape index (κ1) is 23.2. The molecule has 1 spiro atoms. The number of primary amides is 1. The first-order valence-corrected chi connectivity index (χ1v) is 12.2. The highest BCUT2D eigenvalue weighted by Gasteiger charge is 2.70. The molecule has 4 N–H and O–H groups in total. The van der Waals surface area contributed by atoms with E-state index in [-0.39, 0.29) is 12.3 Å². The molecule has 0 bridgehead atoms. The number of nitrogens with zero attached hydrogens (tertiary/aromatic N) is 1. The number of hydrogen-bond acceptors (Lipinski definition) is 5. The monoisotopic (exact) mass is 474 g/mol. The molecule has 0 aliphatic carbocycles. The second-order valence-electron chi connectivity index (χ2n) is 9.90. The normalized spacial score (nSPS) is 26.9. The van der Waals surface area contributed by atoms with E-state index in [1.54, 1.807) is 12.1 Å². The van der Waals surface area contributed by atoms with Crippen molar-refractivity contribution in [3.05, 3.63) is 58.7 Å². The fourth-order valence-corrected chi connectivity index (χ4v) is 5.96. The van der Waals surface area contributed by atoms with Crippen molar-refractivity contribution in [3.63, 3.8) is 0 Å². The summed E-state index contributed by atoms with van der Waals surface area (Å²) in [5.74, 6) is -3.71. The molecule has 35 heavy (non-hydrogen) atoms. The highest BCUT2D eigenvalue weighted by molar-refractivity contribution is 6.26. The number of amides is 4. The van der Waals surface area contributed by atoms with Crippen LogP contribution in [0.15, 0.2) is 36.4 Å². The molecule has 182 valence electrons. The maximum Gasteiger partial charge on any atom is 0.250 e. The van der Waals surface area contributed by atoms with Gasteiger partial charge in [-0.2, -0.15) is 0 Å². The summed E-state index contributed by atoms with van der Waals surface area (Å²) >= 11 is 0. The minimum Gasteiger partial charge on any atom is -0.370 e. The van der Waals surface area contributed by atoms with Crippen molar-refractivity contribution in [2.75, 3.05) is 10.2 Å². The van der Waals surface area contributed by atoms with Gasteiger partial charge in [-0.15, -0.1) is 0 Å². The lowest BCUT2D eigenvalue weighted by Crippen LogP contribution is -2.53. The Hall–Kier alpha value is -3.52. The van der Waals surface area contributed by atoms with E-state index in [0.717, 1.165) is 36.0 Å². The molecule has 0 radical (unpaired) electrons. The van der Waals surface area contributed by atoms with Gasteiger partial charge in [0.2, 0.25) is 23.6 Å². The highest BCUT2D eigenvalue weighted by Crippen LogP contribution is 2.54. The molecule has 8 heteroatoms. The number of fused-ring (bicyclic) bond motifs is 4. The van der Waals surface area contributed by atoms with E-state index in [0.29, 0.717) is 16.9 Å². The second kappa shape index (κ2) is 8.30. The summed E-state index contributed by atoms with van der Waals surface area (Å²) in [4.78, 5) is 54.3. The Morgan fingerprint density at radius 1 is 1.06 bits per heavy atom. The summed E-state index contributed by atoms with van der Waals surface area (Å²) in [6.07, 6.45) is 2.90. The Bertz CT molecular complexity index is 1250. The summed E-state index contributed by atoms with van der Waals surface area (Å²) in [5, 5.41) is 6.18. The predicted molar refractivity (Wildman–Crippen MR) is 131 cm³/mol. The molecule has 3 aliphatic rings. The van der Waals surface area contributed by atoms with Gasteiger partial charge in [0.25, 0.3) is 0 Å². The van der Waals surface area contributed by atoms with Gasteiger partial charge >= 0.3 is 0 Å². The molecule has 8 nitrogen and oxygen atoms in total. The largest absolute Gasteiger partial charge is 0.370 e. The molecule has 3 heterocycles. The van der Waals surface area contributed by atoms with E-state index >= 15 is 0 Å². The number of carbonyl (C=O) groups is 4. The number of unbranched alkanes of at least 4 members (excludes halogenated alkanes) is 1. The molecule has 0 saturated carbocycles. The van der Waals surface area contributed by atoms with Crippen LogP contribution in [-0.4, -0.2) is 29.7 Å². The molecule has 2 fully saturated rings. The number of benzene rings is 2. The highest BCUT2D eigenvalue weighted by atomic mass is 16.2. The van der Waals surface area contributed by atoms with E-state index in [1.165, 1.54) is 4.90 Å². The number of imide groups is 1. The van der Waals surface area contributed by atoms with E-state index < -0.39 is 41.1 Å². The predicted octanol–water partition coefficient (Wildman–Crippen LogP) is 2.45. The van der Waals surface area contributed by atoms with Gasteiger partial charge in [-0.25, -0.2) is 4.90 Å². The summed E-state index contributed by atoms with van der Waals surface area (Å²) < 4.78 is 0. The third kappa shape index (κ3) is 3.31. The molecule has 2 aromatic carbocycles. The average molecular weight is 475 g/mol. The molecule has 3 aliphatic heterocycles. The van der Waals surface area contributed by atoms with Crippen molar-refractivity contribution >= 4 is 35.0 Å². The van der Waals surface area contributed by atoms with Crippen LogP contribution in [0.3, 0.4) is 0 Å². The van der Waals surface area contributed by atoms with Crippen LogP contribution in [0.25, 0.3) is 0 Å². The topological polar surface area (TPSA) is 122 Å². The van der Waals surface area contributed by atoms with E-state index in [9.17, 15) is 19.2 Å². The summed E-state index contributed by atoms with van der Waals surface area (Å²) in [6, 6.07) is 10.4. The van der Waals surface area contributed by atoms with E-state index in [2.05, 4.69) is 17.6 Å². The van der Waals surface area contributed by atoms with Crippen LogP contribution in [0.5, 0.6) is 0 Å². The molecule has 5 rings (SSSR count). The Morgan fingerprint density at radius 3 is 2.43 bits per heavy atom. The minimum atomic E-state index is -1.44. The van der Waals surface area contributed by atoms with Gasteiger partial charge in [0.15, 0.2) is 0 Å². The number of hydrogen-bond donors (Lipinski definition) is 3. The third-order valence-electron chi connectivity index (χ3n) is 7.86. The van der Waals surface area contributed by atoms with Crippen LogP contribution in [0.2, 0.25) is 0 Å². The van der Waals surface area contributed by atoms with Gasteiger partial charge in [-0.3, -0.25) is 24.5 Å². The quantitative estimate of drug-likeness (QED) is 0.555. The second-order valence-corrected chi connectivity index (χ2v) is 9.90. The summed E-state index contributed by atoms with van der Waals surface area (Å²) in [7, 11) is 0. The van der Waals surface area contributed by atoms with Gasteiger partial charge in [-0.05, 0) is 55.5 Å². The van der Waals surface area contributed by atoms with Crippen molar-refractivity contribution in [1.29, 1.82) is 0 Å². The first-order valence-electron chi connectivity index (χ1n) is 12.2. The van der Waals surface area contributed by atoms with Crippen molar-refractivity contribution in [2.45, 2.75) is 58.0 Å². The van der Waals surface area contributed by atoms with Crippen molar-refractivity contribution in [2.24, 2.45) is 17.6 Å². The lowest BCUT2D eigenvalue weighted by atomic mass is 9.76. The minimum absolute atomic E-state index is 0.154. The Morgan fingerprint density at radius 2 is 1.77 bits per heavy atom. The summed E-state index contributed by atoms with van der Waals surface area (Å²) in [5.41, 5.74) is 8.86. The Kier molecular flexibility index (Phi) is 5.51. The number of anilines is 2. The van der Waals surface area contributed by atoms with Crippen LogP contribution in [0.4, 0.5) is 11.4 Å². The Labute approximate surface area is 204 Å². The maximum absolute atomic E-state index is 13.9. The fourth-order valence-electron chi connectivity index (χ4n) is 5.96. The maximum atomic E-state index is 13.9. The lowest BCUT2D eigenvalue weighted by Gasteiger charge is -2.29. The number of rotatable bonds is 6. The van der Waals surface area contributed by atoms with Gasteiger partial charge in [0.1, 0.15) is 5.54 Å². The molecular formula is C27H30N4O4. The third-order valence-corrected chi connectivity index (χ3v) is 7.86. The zero-order chi connectivity index (χ0) is 25.1. The first-order chi connectivity index (χ1) is 16.7. The number of nitrogens with two attached hydrogens (primary N) is 1. The molecule has 0 aromatic heterocycles. The zero-order valence-electron chi connectivity index (χ0n) is 20.2. The van der Waals surface area contributed by atoms with Crippen molar-refractivity contribution in [3.8, 4) is 0 Å². The zero-order valence-corrected chi connectivity index (χ0v) is 20.2. The standard InChI is InChI=1S/C27H30N4O4/c1-4-5-6-16-8-10-17(11-9-16)31-24(33)21-19(13-20(28)32)30-27(22(21)25(31)34)18-12-7-14(2)15(3)23(18)29-26(27)35/h7-12,19,21-22,30H,4-6,13H2,1-3H3,(H2,28,32)(H,29,35)/t19-,21-,22+,27-/m1/s1. The van der Waals surface area contributed by atoms with Gasteiger partial charge in [-0.1, -0.05) is 37.6 Å². The number of carbonyl (C=O) groups excluding carboxylic acids is 4. The van der Waals surface area contributed by atoms with E-state index in [1.807, 2.05) is 38.1 Å². The SMILES string of the molecule is CCCCc1ccc(N2C(=O)[C@H]3[C@@H](C2=O)[C@@]2(N[C@@H]3CC(N)=O)C(=O)Nc3c2ccc(C)c3C)cc1. The van der Waals surface area contributed by atoms with Gasteiger partial charge in [0.05, 0.1) is 17.5 Å². The molecule has 0 unspecified atom stereocenters. The van der Waals surface area contributed by atoms with Crippen LogP contribution in [-0.2, 0) is 31.1 Å². The van der Waals surface area contributed by atoms with Gasteiger partial charge in [0, 0.05) is 23.7 Å².